The first-order valence-corrected chi connectivity index (χ1v) is 14.6. The molecule has 2 aliphatic heterocycles. The van der Waals surface area contributed by atoms with Crippen LogP contribution in [-0.4, -0.2) is 65.0 Å². The number of carboxylic acids is 1. The Labute approximate surface area is 247 Å². The predicted molar refractivity (Wildman–Crippen MR) is 159 cm³/mol. The van der Waals surface area contributed by atoms with Crippen molar-refractivity contribution in [2.75, 3.05) is 13.7 Å². The number of aliphatic hydroxyl groups is 1. The number of hydrogen-bond acceptors (Lipinski definition) is 7. The van der Waals surface area contributed by atoms with Crippen molar-refractivity contribution in [3.63, 3.8) is 0 Å². The van der Waals surface area contributed by atoms with Gasteiger partial charge in [-0.2, -0.15) is 0 Å². The molecule has 3 aromatic carbocycles. The second-order valence-corrected chi connectivity index (χ2v) is 10.8. The van der Waals surface area contributed by atoms with Crippen molar-refractivity contribution in [2.45, 2.75) is 76.0 Å². The third kappa shape index (κ3) is 8.89. The predicted octanol–water partition coefficient (Wildman–Crippen LogP) is 5.19. The summed E-state index contributed by atoms with van der Waals surface area (Å²) < 4.78 is 16.4. The molecule has 0 aliphatic carbocycles. The molecule has 2 fully saturated rings. The van der Waals surface area contributed by atoms with Gasteiger partial charge in [-0.25, -0.2) is 9.59 Å². The van der Waals surface area contributed by atoms with Gasteiger partial charge in [-0.05, 0) is 68.5 Å². The van der Waals surface area contributed by atoms with Gasteiger partial charge in [0.25, 0.3) is 0 Å². The zero-order valence-corrected chi connectivity index (χ0v) is 24.3. The van der Waals surface area contributed by atoms with E-state index in [9.17, 15) is 14.7 Å². The van der Waals surface area contributed by atoms with Crippen LogP contribution in [0, 0.1) is 0 Å². The van der Waals surface area contributed by atoms with Gasteiger partial charge in [-0.1, -0.05) is 72.8 Å². The van der Waals surface area contributed by atoms with E-state index in [0.717, 1.165) is 29.7 Å². The summed E-state index contributed by atoms with van der Waals surface area (Å²) in [6.45, 7) is 2.68. The van der Waals surface area contributed by atoms with E-state index < -0.39 is 24.1 Å². The molecule has 2 N–H and O–H groups in total. The number of esters is 1. The SMILES string of the molecule is CCOC(Cc1ccc(OCc2ccccc2)cc1)C(=O)O.CN1[C@@H]2CC[C@H]1C[C@@H](OC(=O)C(O)c1ccccc1)C2. The third-order valence-electron chi connectivity index (χ3n) is 7.91. The number of benzene rings is 3. The topological polar surface area (TPSA) is 106 Å². The average molecular weight is 576 g/mol. The molecule has 3 aromatic rings. The molecule has 2 unspecified atom stereocenters. The van der Waals surface area contributed by atoms with E-state index in [2.05, 4.69) is 11.9 Å². The highest BCUT2D eigenvalue weighted by atomic mass is 16.6. The molecule has 0 spiro atoms. The summed E-state index contributed by atoms with van der Waals surface area (Å²) in [6.07, 6.45) is 2.49. The van der Waals surface area contributed by atoms with Crippen molar-refractivity contribution in [1.29, 1.82) is 0 Å². The monoisotopic (exact) mass is 575 g/mol. The van der Waals surface area contributed by atoms with Gasteiger partial charge in [0.05, 0.1) is 0 Å². The number of ether oxygens (including phenoxy) is 3. The molecule has 2 saturated heterocycles. The maximum Gasteiger partial charge on any atom is 0.339 e. The van der Waals surface area contributed by atoms with Crippen molar-refractivity contribution in [1.82, 2.24) is 4.90 Å². The first-order valence-electron chi connectivity index (χ1n) is 14.6. The van der Waals surface area contributed by atoms with Crippen LogP contribution in [0.5, 0.6) is 5.75 Å². The minimum absolute atomic E-state index is 0.0467. The summed E-state index contributed by atoms with van der Waals surface area (Å²) >= 11 is 0. The lowest BCUT2D eigenvalue weighted by Gasteiger charge is -2.36. The van der Waals surface area contributed by atoms with Crippen LogP contribution in [-0.2, 0) is 32.1 Å². The summed E-state index contributed by atoms with van der Waals surface area (Å²) in [5, 5.41) is 19.1. The normalized spacial score (nSPS) is 21.0. The number of aliphatic carboxylic acids is 1. The summed E-state index contributed by atoms with van der Waals surface area (Å²) in [5.74, 6) is -0.702. The molecule has 0 radical (unpaired) electrons. The van der Waals surface area contributed by atoms with Crippen LogP contribution in [0.4, 0.5) is 0 Å². The highest BCUT2D eigenvalue weighted by Gasteiger charge is 2.40. The first kappa shape index (κ1) is 31.2. The van der Waals surface area contributed by atoms with Gasteiger partial charge >= 0.3 is 11.9 Å². The molecule has 0 saturated carbocycles. The number of fused-ring (bicyclic) bond motifs is 2. The number of rotatable bonds is 11. The Bertz CT molecular complexity index is 1240. The van der Waals surface area contributed by atoms with Crippen LogP contribution < -0.4 is 4.74 Å². The fourth-order valence-corrected chi connectivity index (χ4v) is 5.55. The minimum Gasteiger partial charge on any atom is -0.489 e. The van der Waals surface area contributed by atoms with Gasteiger partial charge in [0.2, 0.25) is 0 Å². The molecular weight excluding hydrogens is 534 g/mol. The molecule has 42 heavy (non-hydrogen) atoms. The highest BCUT2D eigenvalue weighted by Crippen LogP contribution is 2.36. The van der Waals surface area contributed by atoms with Gasteiger partial charge in [0, 0.05) is 25.1 Å². The standard InChI is InChI=1S/C18H20O4.C16H21NO3/c1-2-21-17(18(19)20)12-14-8-10-16(11-9-14)22-13-15-6-4-3-5-7-15;1-17-12-7-8-13(17)10-14(9-12)20-16(19)15(18)11-5-3-2-4-6-11/h3-11,17H,2,12-13H2,1H3,(H,19,20);2-6,12-15,18H,7-10H2,1H3/t;12-,13+,14+,15?. The second-order valence-electron chi connectivity index (χ2n) is 10.8. The van der Waals surface area contributed by atoms with Crippen LogP contribution in [0.2, 0.25) is 0 Å². The van der Waals surface area contributed by atoms with Crippen LogP contribution >= 0.6 is 0 Å². The number of carboxylic acid groups (broad SMARTS) is 1. The molecule has 5 atom stereocenters. The van der Waals surface area contributed by atoms with Gasteiger partial charge in [-0.15, -0.1) is 0 Å². The van der Waals surface area contributed by atoms with Crippen LogP contribution in [0.1, 0.15) is 55.4 Å². The van der Waals surface area contributed by atoms with Crippen molar-refractivity contribution < 1.29 is 34.0 Å². The Morgan fingerprint density at radius 2 is 1.48 bits per heavy atom. The summed E-state index contributed by atoms with van der Waals surface area (Å²) in [7, 11) is 2.15. The summed E-state index contributed by atoms with van der Waals surface area (Å²) in [4.78, 5) is 25.5. The van der Waals surface area contributed by atoms with E-state index in [4.69, 9.17) is 19.3 Å². The highest BCUT2D eigenvalue weighted by molar-refractivity contribution is 5.76. The Kier molecular flexibility index (Phi) is 11.5. The third-order valence-corrected chi connectivity index (χ3v) is 7.91. The fourth-order valence-electron chi connectivity index (χ4n) is 5.55. The number of carbonyl (C=O) groups excluding carboxylic acids is 1. The zero-order chi connectivity index (χ0) is 29.9. The zero-order valence-electron chi connectivity index (χ0n) is 24.3. The van der Waals surface area contributed by atoms with Gasteiger partial charge in [-0.3, -0.25) is 0 Å². The average Bonchev–Trinajstić information content (AvgIpc) is 3.21. The van der Waals surface area contributed by atoms with E-state index >= 15 is 0 Å². The van der Waals surface area contributed by atoms with Crippen LogP contribution in [0.25, 0.3) is 0 Å². The van der Waals surface area contributed by atoms with E-state index in [1.54, 1.807) is 19.1 Å². The molecule has 2 heterocycles. The van der Waals surface area contributed by atoms with E-state index in [0.29, 0.717) is 37.3 Å². The smallest absolute Gasteiger partial charge is 0.339 e. The second kappa shape index (κ2) is 15.5. The quantitative estimate of drug-likeness (QED) is 0.301. The van der Waals surface area contributed by atoms with E-state index in [1.807, 2.05) is 72.8 Å². The largest absolute Gasteiger partial charge is 0.489 e. The van der Waals surface area contributed by atoms with Crippen molar-refractivity contribution in [2.24, 2.45) is 0 Å². The maximum absolute atomic E-state index is 12.0. The number of carbonyl (C=O) groups is 2. The molecule has 224 valence electrons. The lowest BCUT2D eigenvalue weighted by atomic mass is 10.0. The Balaban J connectivity index is 0.000000193. The van der Waals surface area contributed by atoms with Gasteiger partial charge in [0.1, 0.15) is 18.5 Å². The van der Waals surface area contributed by atoms with Gasteiger partial charge < -0.3 is 29.3 Å². The van der Waals surface area contributed by atoms with Crippen molar-refractivity contribution in [3.8, 4) is 5.75 Å². The number of aliphatic hydroxyl groups excluding tert-OH is 1. The summed E-state index contributed by atoms with van der Waals surface area (Å²) in [6, 6.07) is 27.4. The molecule has 2 aliphatic rings. The molecule has 8 nitrogen and oxygen atoms in total. The van der Waals surface area contributed by atoms with Crippen LogP contribution in [0.15, 0.2) is 84.9 Å². The van der Waals surface area contributed by atoms with Crippen LogP contribution in [0.3, 0.4) is 0 Å². The molecule has 8 heteroatoms. The van der Waals surface area contributed by atoms with Crippen molar-refractivity contribution >= 4 is 11.9 Å². The van der Waals surface area contributed by atoms with Gasteiger partial charge in [0.15, 0.2) is 12.2 Å². The van der Waals surface area contributed by atoms with E-state index in [-0.39, 0.29) is 6.10 Å². The van der Waals surface area contributed by atoms with E-state index in [1.165, 1.54) is 12.8 Å². The molecule has 2 bridgehead atoms. The lowest BCUT2D eigenvalue weighted by Crippen LogP contribution is -2.43. The number of nitrogens with zero attached hydrogens (tertiary/aromatic N) is 1. The molecule has 0 aromatic heterocycles. The molecular formula is C34H41NO7. The number of hydrogen-bond donors (Lipinski definition) is 2. The number of piperidine rings is 1. The minimum atomic E-state index is -1.17. The molecule has 0 amide bonds. The molecule has 5 rings (SSSR count). The lowest BCUT2D eigenvalue weighted by molar-refractivity contribution is -0.162. The Morgan fingerprint density at radius 3 is 2.05 bits per heavy atom. The van der Waals surface area contributed by atoms with Crippen molar-refractivity contribution in [3.05, 3.63) is 102 Å². The Morgan fingerprint density at radius 1 is 0.881 bits per heavy atom. The maximum atomic E-state index is 12.0. The summed E-state index contributed by atoms with van der Waals surface area (Å²) in [5.41, 5.74) is 2.61. The Hall–Kier alpha value is -3.72. The fraction of sp³-hybridized carbons (Fsp3) is 0.412. The first-order chi connectivity index (χ1) is 20.3.